The number of nitrogens with zero attached hydrogens (tertiary/aromatic N) is 2. The Kier molecular flexibility index (Phi) is 8.96. The third kappa shape index (κ3) is 6.49. The molecule has 6 nitrogen and oxygen atoms in total. The third-order valence-electron chi connectivity index (χ3n) is 5.55. The number of hydrogen-bond donors (Lipinski definition) is 0. The lowest BCUT2D eigenvalue weighted by atomic mass is 10.1. The highest BCUT2D eigenvalue weighted by Gasteiger charge is 2.20. The predicted molar refractivity (Wildman–Crippen MR) is 125 cm³/mol. The molecule has 0 unspecified atom stereocenters. The van der Waals surface area contributed by atoms with E-state index in [1.165, 1.54) is 6.42 Å². The van der Waals surface area contributed by atoms with Gasteiger partial charge in [-0.2, -0.15) is 0 Å². The molecule has 0 aliphatic carbocycles. The molecule has 0 saturated carbocycles. The topological polar surface area (TPSA) is 59.1 Å². The van der Waals surface area contributed by atoms with Crippen molar-refractivity contribution in [2.45, 2.75) is 46.1 Å². The van der Waals surface area contributed by atoms with Crippen molar-refractivity contribution < 1.29 is 19.1 Å². The third-order valence-corrected chi connectivity index (χ3v) is 5.55. The molecule has 32 heavy (non-hydrogen) atoms. The van der Waals surface area contributed by atoms with Gasteiger partial charge in [0.2, 0.25) is 0 Å². The van der Waals surface area contributed by atoms with Crippen molar-refractivity contribution in [2.75, 3.05) is 32.8 Å². The Morgan fingerprint density at radius 3 is 2.38 bits per heavy atom. The molecule has 1 saturated heterocycles. The molecule has 1 heterocycles. The molecule has 2 amide bonds. The van der Waals surface area contributed by atoms with E-state index < -0.39 is 0 Å². The molecule has 1 fully saturated rings. The molecule has 0 bridgehead atoms. The van der Waals surface area contributed by atoms with E-state index in [9.17, 15) is 9.59 Å². The zero-order chi connectivity index (χ0) is 22.8. The van der Waals surface area contributed by atoms with Gasteiger partial charge in [0.25, 0.3) is 11.8 Å². The summed E-state index contributed by atoms with van der Waals surface area (Å²) < 4.78 is 11.5. The van der Waals surface area contributed by atoms with E-state index in [0.717, 1.165) is 37.9 Å². The first kappa shape index (κ1) is 23.6. The molecular formula is C26H34N2O4. The van der Waals surface area contributed by atoms with Gasteiger partial charge in [-0.1, -0.05) is 37.3 Å². The van der Waals surface area contributed by atoms with Crippen LogP contribution in [0.1, 0.15) is 55.5 Å². The van der Waals surface area contributed by atoms with Gasteiger partial charge in [-0.05, 0) is 56.4 Å². The molecule has 6 heteroatoms. The number of ether oxygens (including phenoxy) is 2. The summed E-state index contributed by atoms with van der Waals surface area (Å²) >= 11 is 0. The first-order valence-corrected chi connectivity index (χ1v) is 11.6. The number of hydrogen-bond acceptors (Lipinski definition) is 4. The predicted octanol–water partition coefficient (Wildman–Crippen LogP) is 4.53. The minimum Gasteiger partial charge on any atom is -0.490 e. The molecule has 172 valence electrons. The largest absolute Gasteiger partial charge is 0.490 e. The van der Waals surface area contributed by atoms with E-state index >= 15 is 0 Å². The summed E-state index contributed by atoms with van der Waals surface area (Å²) in [5, 5.41) is 0. The molecule has 3 rings (SSSR count). The lowest BCUT2D eigenvalue weighted by Gasteiger charge is -2.26. The average Bonchev–Trinajstić information content (AvgIpc) is 2.83. The first-order chi connectivity index (χ1) is 15.6. The Morgan fingerprint density at radius 2 is 1.69 bits per heavy atom. The van der Waals surface area contributed by atoms with Gasteiger partial charge in [0, 0.05) is 31.7 Å². The minimum atomic E-state index is -0.0485. The maximum absolute atomic E-state index is 13.2. The Bertz CT molecular complexity index is 879. The number of piperidine rings is 1. The zero-order valence-corrected chi connectivity index (χ0v) is 19.2. The number of amides is 2. The number of carbonyl (C=O) groups is 2. The summed E-state index contributed by atoms with van der Waals surface area (Å²) in [5.74, 6) is 0.914. The van der Waals surface area contributed by atoms with Crippen LogP contribution in [0.4, 0.5) is 0 Å². The molecule has 1 aliphatic rings. The van der Waals surface area contributed by atoms with Crippen molar-refractivity contribution in [3.05, 3.63) is 59.7 Å². The van der Waals surface area contributed by atoms with Crippen LogP contribution in [0.3, 0.4) is 0 Å². The summed E-state index contributed by atoms with van der Waals surface area (Å²) in [6.45, 7) is 7.18. The van der Waals surface area contributed by atoms with Crippen LogP contribution in [-0.2, 0) is 11.3 Å². The highest BCUT2D eigenvalue weighted by molar-refractivity contribution is 5.95. The van der Waals surface area contributed by atoms with Gasteiger partial charge >= 0.3 is 0 Å². The van der Waals surface area contributed by atoms with Gasteiger partial charge in [0.05, 0.1) is 6.61 Å². The van der Waals surface area contributed by atoms with Crippen molar-refractivity contribution in [1.29, 1.82) is 0 Å². The van der Waals surface area contributed by atoms with E-state index in [4.69, 9.17) is 9.47 Å². The summed E-state index contributed by atoms with van der Waals surface area (Å²) in [4.78, 5) is 29.4. The van der Waals surface area contributed by atoms with Crippen molar-refractivity contribution in [2.24, 2.45) is 0 Å². The molecule has 2 aromatic carbocycles. The van der Waals surface area contributed by atoms with Crippen LogP contribution in [0.2, 0.25) is 0 Å². The van der Waals surface area contributed by atoms with Crippen molar-refractivity contribution in [1.82, 2.24) is 9.80 Å². The van der Waals surface area contributed by atoms with Gasteiger partial charge in [-0.15, -0.1) is 0 Å². The quantitative estimate of drug-likeness (QED) is 0.547. The Balaban J connectivity index is 1.71. The molecule has 0 radical (unpaired) electrons. The fraction of sp³-hybridized carbons (Fsp3) is 0.462. The Morgan fingerprint density at radius 1 is 0.938 bits per heavy atom. The zero-order valence-electron chi connectivity index (χ0n) is 19.2. The molecule has 0 aromatic heterocycles. The Labute approximate surface area is 191 Å². The Hall–Kier alpha value is -3.02. The number of likely N-dealkylation sites (tertiary alicyclic amines) is 1. The highest BCUT2D eigenvalue weighted by Crippen LogP contribution is 2.29. The smallest absolute Gasteiger partial charge is 0.260 e. The minimum absolute atomic E-state index is 0.00992. The second-order valence-electron chi connectivity index (χ2n) is 8.04. The number of rotatable bonds is 10. The van der Waals surface area contributed by atoms with E-state index in [1.807, 2.05) is 47.1 Å². The molecular weight excluding hydrogens is 404 g/mol. The molecule has 0 atom stereocenters. The van der Waals surface area contributed by atoms with E-state index in [-0.39, 0.29) is 18.4 Å². The summed E-state index contributed by atoms with van der Waals surface area (Å²) in [6, 6.07) is 15.2. The van der Waals surface area contributed by atoms with Crippen molar-refractivity contribution in [3.8, 4) is 11.5 Å². The highest BCUT2D eigenvalue weighted by atomic mass is 16.5. The molecule has 2 aromatic rings. The summed E-state index contributed by atoms with van der Waals surface area (Å²) in [7, 11) is 0. The van der Waals surface area contributed by atoms with Gasteiger partial charge in [0.15, 0.2) is 18.1 Å². The molecule has 0 N–H and O–H groups in total. The van der Waals surface area contributed by atoms with Crippen LogP contribution in [0, 0.1) is 0 Å². The van der Waals surface area contributed by atoms with Crippen LogP contribution >= 0.6 is 0 Å². The molecule has 1 aliphatic heterocycles. The van der Waals surface area contributed by atoms with E-state index in [1.54, 1.807) is 18.2 Å². The average molecular weight is 439 g/mol. The van der Waals surface area contributed by atoms with Crippen LogP contribution < -0.4 is 9.47 Å². The summed E-state index contributed by atoms with van der Waals surface area (Å²) in [6.07, 6.45) is 4.14. The second kappa shape index (κ2) is 12.1. The summed E-state index contributed by atoms with van der Waals surface area (Å²) in [5.41, 5.74) is 1.64. The SMILES string of the molecule is CCCN(Cc1ccccc1)C(=O)c1ccc(OCC(=O)N2CCCCC2)c(OCC)c1. The van der Waals surface area contributed by atoms with E-state index in [2.05, 4.69) is 6.92 Å². The van der Waals surface area contributed by atoms with Gasteiger partial charge in [0.1, 0.15) is 0 Å². The number of carbonyl (C=O) groups excluding carboxylic acids is 2. The van der Waals surface area contributed by atoms with Crippen LogP contribution in [-0.4, -0.2) is 54.5 Å². The van der Waals surface area contributed by atoms with Gasteiger partial charge in [-0.3, -0.25) is 9.59 Å². The fourth-order valence-electron chi connectivity index (χ4n) is 3.91. The lowest BCUT2D eigenvalue weighted by molar-refractivity contribution is -0.134. The standard InChI is InChI=1S/C26H34N2O4/c1-3-15-28(19-21-11-7-5-8-12-21)26(30)22-13-14-23(24(18-22)31-4-2)32-20-25(29)27-16-9-6-10-17-27/h5,7-8,11-14,18H,3-4,6,9-10,15-17,19-20H2,1-2H3. The monoisotopic (exact) mass is 438 g/mol. The first-order valence-electron chi connectivity index (χ1n) is 11.6. The van der Waals surface area contributed by atoms with Crippen molar-refractivity contribution in [3.63, 3.8) is 0 Å². The van der Waals surface area contributed by atoms with Gasteiger partial charge < -0.3 is 19.3 Å². The van der Waals surface area contributed by atoms with Crippen molar-refractivity contribution >= 4 is 11.8 Å². The fourth-order valence-corrected chi connectivity index (χ4v) is 3.91. The van der Waals surface area contributed by atoms with Crippen LogP contribution in [0.5, 0.6) is 11.5 Å². The normalized spacial score (nSPS) is 13.5. The maximum atomic E-state index is 13.2. The maximum Gasteiger partial charge on any atom is 0.260 e. The lowest BCUT2D eigenvalue weighted by Crippen LogP contribution is -2.38. The van der Waals surface area contributed by atoms with Crippen LogP contribution in [0.25, 0.3) is 0 Å². The van der Waals surface area contributed by atoms with E-state index in [0.29, 0.717) is 36.8 Å². The second-order valence-corrected chi connectivity index (χ2v) is 8.04. The molecule has 0 spiro atoms. The van der Waals surface area contributed by atoms with Gasteiger partial charge in [-0.25, -0.2) is 0 Å². The number of benzene rings is 2. The van der Waals surface area contributed by atoms with Crippen LogP contribution in [0.15, 0.2) is 48.5 Å².